The minimum atomic E-state index is 0.736. The van der Waals surface area contributed by atoms with Gasteiger partial charge in [-0.05, 0) is 31.5 Å². The molecule has 4 heteroatoms. The van der Waals surface area contributed by atoms with Crippen LogP contribution in [0.4, 0.5) is 5.82 Å². The summed E-state index contributed by atoms with van der Waals surface area (Å²) < 4.78 is 0. The molecule has 0 fully saturated rings. The van der Waals surface area contributed by atoms with Crippen molar-refractivity contribution >= 4 is 17.4 Å². The van der Waals surface area contributed by atoms with Crippen LogP contribution in [-0.4, -0.2) is 16.5 Å². The molecule has 3 nitrogen and oxygen atoms in total. The molecule has 17 heavy (non-hydrogen) atoms. The van der Waals surface area contributed by atoms with Gasteiger partial charge in [0.2, 0.25) is 0 Å². The number of anilines is 1. The van der Waals surface area contributed by atoms with Gasteiger partial charge in [-0.15, -0.1) is 0 Å². The first-order chi connectivity index (χ1) is 8.22. The van der Waals surface area contributed by atoms with Gasteiger partial charge in [-0.2, -0.15) is 0 Å². The van der Waals surface area contributed by atoms with Gasteiger partial charge in [0.15, 0.2) is 5.82 Å². The Balaban J connectivity index is 2.52. The van der Waals surface area contributed by atoms with Crippen molar-refractivity contribution < 1.29 is 0 Å². The number of benzene rings is 1. The number of rotatable bonds is 3. The van der Waals surface area contributed by atoms with Crippen LogP contribution >= 0.6 is 11.6 Å². The van der Waals surface area contributed by atoms with E-state index in [9.17, 15) is 0 Å². The fraction of sp³-hybridized carbons (Fsp3) is 0.231. The molecule has 2 rings (SSSR count). The normalized spacial score (nSPS) is 10.3. The van der Waals surface area contributed by atoms with E-state index in [1.165, 1.54) is 0 Å². The summed E-state index contributed by atoms with van der Waals surface area (Å²) >= 11 is 5.95. The minimum Gasteiger partial charge on any atom is -0.369 e. The van der Waals surface area contributed by atoms with Gasteiger partial charge in [-0.3, -0.25) is 4.98 Å². The Kier molecular flexibility index (Phi) is 3.59. The maximum Gasteiger partial charge on any atom is 0.152 e. The van der Waals surface area contributed by atoms with Crippen LogP contribution in [0.25, 0.3) is 11.3 Å². The highest BCUT2D eigenvalue weighted by molar-refractivity contribution is 6.30. The SMILES string of the molecule is CCNc1nccnc1-c1ccc(Cl)cc1C. The predicted molar refractivity (Wildman–Crippen MR) is 71.4 cm³/mol. The summed E-state index contributed by atoms with van der Waals surface area (Å²) in [5, 5.41) is 3.95. The fourth-order valence-corrected chi connectivity index (χ4v) is 1.95. The van der Waals surface area contributed by atoms with E-state index in [2.05, 4.69) is 15.3 Å². The molecule has 0 saturated heterocycles. The zero-order valence-corrected chi connectivity index (χ0v) is 10.6. The second-order valence-corrected chi connectivity index (χ2v) is 4.18. The van der Waals surface area contributed by atoms with Crippen LogP contribution < -0.4 is 5.32 Å². The Morgan fingerprint density at radius 3 is 2.71 bits per heavy atom. The average Bonchev–Trinajstić information content (AvgIpc) is 2.31. The lowest BCUT2D eigenvalue weighted by molar-refractivity contribution is 1.12. The van der Waals surface area contributed by atoms with Crippen LogP contribution in [0, 0.1) is 6.92 Å². The quantitative estimate of drug-likeness (QED) is 0.902. The molecular formula is C13H14ClN3. The number of aryl methyl sites for hydroxylation is 1. The highest BCUT2D eigenvalue weighted by Gasteiger charge is 2.09. The molecule has 1 N–H and O–H groups in total. The zero-order chi connectivity index (χ0) is 12.3. The molecule has 0 amide bonds. The molecule has 2 aromatic rings. The van der Waals surface area contributed by atoms with E-state index < -0.39 is 0 Å². The smallest absolute Gasteiger partial charge is 0.152 e. The summed E-state index contributed by atoms with van der Waals surface area (Å²) in [5.74, 6) is 0.806. The van der Waals surface area contributed by atoms with Crippen LogP contribution in [-0.2, 0) is 0 Å². The first-order valence-electron chi connectivity index (χ1n) is 5.53. The molecule has 1 heterocycles. The second kappa shape index (κ2) is 5.15. The molecule has 0 aliphatic heterocycles. The Labute approximate surface area is 106 Å². The molecule has 0 atom stereocenters. The van der Waals surface area contributed by atoms with Crippen molar-refractivity contribution in [3.05, 3.63) is 41.2 Å². The molecule has 88 valence electrons. The van der Waals surface area contributed by atoms with Crippen molar-refractivity contribution in [2.75, 3.05) is 11.9 Å². The van der Waals surface area contributed by atoms with Crippen LogP contribution in [0.1, 0.15) is 12.5 Å². The first-order valence-corrected chi connectivity index (χ1v) is 5.91. The van der Waals surface area contributed by atoms with Crippen LogP contribution in [0.5, 0.6) is 0 Å². The summed E-state index contributed by atoms with van der Waals surface area (Å²) in [7, 11) is 0. The largest absolute Gasteiger partial charge is 0.369 e. The second-order valence-electron chi connectivity index (χ2n) is 3.74. The summed E-state index contributed by atoms with van der Waals surface area (Å²) in [5.41, 5.74) is 3.01. The lowest BCUT2D eigenvalue weighted by atomic mass is 10.1. The van der Waals surface area contributed by atoms with E-state index in [-0.39, 0.29) is 0 Å². The van der Waals surface area contributed by atoms with Gasteiger partial charge in [-0.1, -0.05) is 17.7 Å². The lowest BCUT2D eigenvalue weighted by Gasteiger charge is -2.10. The molecule has 1 aromatic carbocycles. The van der Waals surface area contributed by atoms with Gasteiger partial charge in [0, 0.05) is 29.5 Å². The van der Waals surface area contributed by atoms with Crippen LogP contribution in [0.3, 0.4) is 0 Å². The Bertz CT molecular complexity index is 526. The van der Waals surface area contributed by atoms with Crippen molar-refractivity contribution in [2.24, 2.45) is 0 Å². The molecule has 0 bridgehead atoms. The number of halogens is 1. The van der Waals surface area contributed by atoms with E-state index in [0.717, 1.165) is 34.2 Å². The van der Waals surface area contributed by atoms with E-state index in [1.807, 2.05) is 32.0 Å². The van der Waals surface area contributed by atoms with Gasteiger partial charge >= 0.3 is 0 Å². The van der Waals surface area contributed by atoms with Gasteiger partial charge < -0.3 is 5.32 Å². The number of nitrogens with one attached hydrogen (secondary N) is 1. The van der Waals surface area contributed by atoms with Crippen LogP contribution in [0.15, 0.2) is 30.6 Å². The average molecular weight is 248 g/mol. The number of hydrogen-bond acceptors (Lipinski definition) is 3. The number of hydrogen-bond donors (Lipinski definition) is 1. The zero-order valence-electron chi connectivity index (χ0n) is 9.87. The monoisotopic (exact) mass is 247 g/mol. The fourth-order valence-electron chi connectivity index (χ4n) is 1.72. The van der Waals surface area contributed by atoms with Crippen molar-refractivity contribution in [3.8, 4) is 11.3 Å². The minimum absolute atomic E-state index is 0.736. The summed E-state index contributed by atoms with van der Waals surface area (Å²) in [6.45, 7) is 4.87. The van der Waals surface area contributed by atoms with Crippen molar-refractivity contribution in [1.82, 2.24) is 9.97 Å². The molecule has 0 radical (unpaired) electrons. The molecular weight excluding hydrogens is 234 g/mol. The predicted octanol–water partition coefficient (Wildman–Crippen LogP) is 3.54. The topological polar surface area (TPSA) is 37.8 Å². The molecule has 0 aliphatic rings. The van der Waals surface area contributed by atoms with E-state index in [4.69, 9.17) is 11.6 Å². The number of aromatic nitrogens is 2. The van der Waals surface area contributed by atoms with E-state index >= 15 is 0 Å². The maximum absolute atomic E-state index is 5.95. The third-order valence-corrected chi connectivity index (χ3v) is 2.72. The van der Waals surface area contributed by atoms with Gasteiger partial charge in [0.25, 0.3) is 0 Å². The molecule has 0 unspecified atom stereocenters. The van der Waals surface area contributed by atoms with Gasteiger partial charge in [0.1, 0.15) is 5.69 Å². The maximum atomic E-state index is 5.95. The molecule has 0 spiro atoms. The Hall–Kier alpha value is -1.61. The van der Waals surface area contributed by atoms with E-state index in [0.29, 0.717) is 0 Å². The number of nitrogens with zero attached hydrogens (tertiary/aromatic N) is 2. The standard InChI is InChI=1S/C13H14ClN3/c1-3-15-13-12(16-6-7-17-13)11-5-4-10(14)8-9(11)2/h4-8H,3H2,1-2H3,(H,15,17). The molecule has 1 aromatic heterocycles. The third kappa shape index (κ3) is 2.56. The van der Waals surface area contributed by atoms with E-state index in [1.54, 1.807) is 12.4 Å². The summed E-state index contributed by atoms with van der Waals surface area (Å²) in [6.07, 6.45) is 3.39. The summed E-state index contributed by atoms with van der Waals surface area (Å²) in [6, 6.07) is 5.78. The van der Waals surface area contributed by atoms with Crippen molar-refractivity contribution in [3.63, 3.8) is 0 Å². The van der Waals surface area contributed by atoms with Crippen LogP contribution in [0.2, 0.25) is 5.02 Å². The van der Waals surface area contributed by atoms with Gasteiger partial charge in [-0.25, -0.2) is 4.98 Å². The molecule has 0 aliphatic carbocycles. The Morgan fingerprint density at radius 1 is 1.24 bits per heavy atom. The Morgan fingerprint density at radius 2 is 2.00 bits per heavy atom. The lowest BCUT2D eigenvalue weighted by Crippen LogP contribution is -2.03. The van der Waals surface area contributed by atoms with Crippen molar-refractivity contribution in [2.45, 2.75) is 13.8 Å². The van der Waals surface area contributed by atoms with Crippen molar-refractivity contribution in [1.29, 1.82) is 0 Å². The van der Waals surface area contributed by atoms with Gasteiger partial charge in [0.05, 0.1) is 0 Å². The first kappa shape index (κ1) is 11.9. The highest BCUT2D eigenvalue weighted by atomic mass is 35.5. The third-order valence-electron chi connectivity index (χ3n) is 2.49. The summed E-state index contributed by atoms with van der Waals surface area (Å²) in [4.78, 5) is 8.69. The molecule has 0 saturated carbocycles. The highest BCUT2D eigenvalue weighted by Crippen LogP contribution is 2.28.